The minimum Gasteiger partial charge on any atom is -0.340 e. The lowest BCUT2D eigenvalue weighted by molar-refractivity contribution is -0.131. The fraction of sp³-hybridized carbons (Fsp3) is 0.556. The van der Waals surface area contributed by atoms with E-state index in [0.717, 1.165) is 57.0 Å². The van der Waals surface area contributed by atoms with Crippen molar-refractivity contribution in [3.8, 4) is 0 Å². The van der Waals surface area contributed by atoms with Crippen LogP contribution in [0.5, 0.6) is 0 Å². The smallest absolute Gasteiger partial charge is 0.222 e. The van der Waals surface area contributed by atoms with E-state index in [0.29, 0.717) is 6.42 Å². The predicted octanol–water partition coefficient (Wildman–Crippen LogP) is 1.49. The zero-order chi connectivity index (χ0) is 17.6. The molecule has 0 aliphatic carbocycles. The third-order valence-electron chi connectivity index (χ3n) is 4.53. The van der Waals surface area contributed by atoms with E-state index in [1.807, 2.05) is 30.4 Å². The Kier molecular flexibility index (Phi) is 5.75. The molecule has 134 valence electrons. The van der Waals surface area contributed by atoms with Crippen molar-refractivity contribution in [2.24, 2.45) is 0 Å². The number of imidazole rings is 1. The van der Waals surface area contributed by atoms with Crippen LogP contribution in [-0.2, 0) is 30.8 Å². The Bertz CT molecular complexity index is 699. The summed E-state index contributed by atoms with van der Waals surface area (Å²) in [7, 11) is 2.08. The summed E-state index contributed by atoms with van der Waals surface area (Å²) in [6, 6.07) is 0. The molecule has 0 bridgehead atoms. The van der Waals surface area contributed by atoms with Crippen LogP contribution in [-0.4, -0.2) is 55.4 Å². The van der Waals surface area contributed by atoms with Crippen molar-refractivity contribution >= 4 is 5.91 Å². The normalized spacial score (nSPS) is 14.4. The topological polar surface area (TPSA) is 67.2 Å². The number of aromatic nitrogens is 4. The van der Waals surface area contributed by atoms with Crippen LogP contribution in [0.2, 0.25) is 0 Å². The van der Waals surface area contributed by atoms with Crippen LogP contribution < -0.4 is 0 Å². The highest BCUT2D eigenvalue weighted by molar-refractivity contribution is 5.76. The second-order valence-electron chi connectivity index (χ2n) is 6.62. The number of amides is 1. The van der Waals surface area contributed by atoms with E-state index in [1.54, 1.807) is 6.33 Å². The van der Waals surface area contributed by atoms with Gasteiger partial charge in [-0.2, -0.15) is 0 Å². The van der Waals surface area contributed by atoms with Crippen molar-refractivity contribution in [3.63, 3.8) is 0 Å². The van der Waals surface area contributed by atoms with E-state index < -0.39 is 0 Å². The van der Waals surface area contributed by atoms with Gasteiger partial charge in [-0.3, -0.25) is 9.69 Å². The van der Waals surface area contributed by atoms with Crippen molar-refractivity contribution < 1.29 is 4.79 Å². The summed E-state index contributed by atoms with van der Waals surface area (Å²) in [6.45, 7) is 6.01. The fourth-order valence-electron chi connectivity index (χ4n) is 3.30. The molecule has 7 nitrogen and oxygen atoms in total. The van der Waals surface area contributed by atoms with Crippen LogP contribution in [0.3, 0.4) is 0 Å². The lowest BCUT2D eigenvalue weighted by Crippen LogP contribution is -2.33. The maximum Gasteiger partial charge on any atom is 0.222 e. The van der Waals surface area contributed by atoms with E-state index in [-0.39, 0.29) is 5.91 Å². The molecule has 0 saturated carbocycles. The maximum atomic E-state index is 12.2. The molecule has 3 rings (SSSR count). The molecule has 2 aromatic heterocycles. The number of nitrogens with zero attached hydrogens (tertiary/aromatic N) is 6. The first-order valence-corrected chi connectivity index (χ1v) is 8.91. The van der Waals surface area contributed by atoms with Crippen molar-refractivity contribution in [3.05, 3.63) is 42.0 Å². The molecule has 0 radical (unpaired) electrons. The van der Waals surface area contributed by atoms with Crippen LogP contribution in [0.1, 0.15) is 36.8 Å². The van der Waals surface area contributed by atoms with Gasteiger partial charge in [-0.1, -0.05) is 6.92 Å². The van der Waals surface area contributed by atoms with Crippen LogP contribution in [0.4, 0.5) is 0 Å². The summed E-state index contributed by atoms with van der Waals surface area (Å²) in [5, 5.41) is 0. The van der Waals surface area contributed by atoms with Crippen LogP contribution in [0, 0.1) is 0 Å². The average molecular weight is 342 g/mol. The molecule has 0 N–H and O–H groups in total. The van der Waals surface area contributed by atoms with Gasteiger partial charge in [-0.25, -0.2) is 15.0 Å². The molecule has 0 spiro atoms. The third-order valence-corrected chi connectivity index (χ3v) is 4.53. The molecular weight excluding hydrogens is 316 g/mol. The fourth-order valence-corrected chi connectivity index (χ4v) is 3.30. The number of rotatable bonds is 6. The molecule has 25 heavy (non-hydrogen) atoms. The van der Waals surface area contributed by atoms with Gasteiger partial charge < -0.3 is 9.47 Å². The number of fused-ring (bicyclic) bond motifs is 1. The lowest BCUT2D eigenvalue weighted by Gasteiger charge is -2.20. The highest BCUT2D eigenvalue weighted by Crippen LogP contribution is 2.15. The Balaban J connectivity index is 1.63. The Hall–Kier alpha value is -2.28. The average Bonchev–Trinajstić information content (AvgIpc) is 2.85. The number of carbonyl (C=O) groups excluding carboxylic acids is 1. The van der Waals surface area contributed by atoms with Gasteiger partial charge in [0.05, 0.1) is 5.69 Å². The summed E-state index contributed by atoms with van der Waals surface area (Å²) in [5.41, 5.74) is 2.29. The van der Waals surface area contributed by atoms with E-state index in [1.165, 1.54) is 5.69 Å². The maximum absolute atomic E-state index is 12.2. The van der Waals surface area contributed by atoms with Gasteiger partial charge in [0.15, 0.2) is 0 Å². The van der Waals surface area contributed by atoms with E-state index in [9.17, 15) is 4.79 Å². The Morgan fingerprint density at radius 2 is 1.96 bits per heavy atom. The Labute approximate surface area is 148 Å². The molecule has 2 aromatic rings. The number of hydrogen-bond acceptors (Lipinski definition) is 5. The second-order valence-corrected chi connectivity index (χ2v) is 6.62. The molecular formula is C18H26N6O. The highest BCUT2D eigenvalue weighted by Gasteiger charge is 2.20. The number of hydrogen-bond donors (Lipinski definition) is 0. The minimum absolute atomic E-state index is 0.260. The standard InChI is InChI=1S/C18H26N6O/c1-3-4-18(25)23-6-5-17-21-11-16(24(17)8-7-23)13-22(2)12-15-9-19-14-20-10-15/h9-11,14H,3-8,12-13H2,1-2H3. The predicted molar refractivity (Wildman–Crippen MR) is 94.6 cm³/mol. The van der Waals surface area contributed by atoms with E-state index in [2.05, 4.69) is 31.5 Å². The third kappa shape index (κ3) is 4.42. The first kappa shape index (κ1) is 17.5. The van der Waals surface area contributed by atoms with Gasteiger partial charge in [0.2, 0.25) is 5.91 Å². The van der Waals surface area contributed by atoms with E-state index in [4.69, 9.17) is 0 Å². The second kappa shape index (κ2) is 8.20. The molecule has 1 aliphatic heterocycles. The summed E-state index contributed by atoms with van der Waals surface area (Å²) in [4.78, 5) is 29.1. The molecule has 3 heterocycles. The largest absolute Gasteiger partial charge is 0.340 e. The molecule has 0 aromatic carbocycles. The molecule has 0 fully saturated rings. The Morgan fingerprint density at radius 3 is 2.72 bits per heavy atom. The first-order chi connectivity index (χ1) is 12.2. The molecule has 1 amide bonds. The highest BCUT2D eigenvalue weighted by atomic mass is 16.2. The molecule has 0 unspecified atom stereocenters. The van der Waals surface area contributed by atoms with Gasteiger partial charge in [-0.15, -0.1) is 0 Å². The monoisotopic (exact) mass is 342 g/mol. The first-order valence-electron chi connectivity index (χ1n) is 8.91. The van der Waals surface area contributed by atoms with Gasteiger partial charge in [-0.05, 0) is 13.5 Å². The van der Waals surface area contributed by atoms with Crippen molar-refractivity contribution in [2.45, 2.75) is 45.8 Å². The van der Waals surface area contributed by atoms with Gasteiger partial charge in [0.1, 0.15) is 12.2 Å². The minimum atomic E-state index is 0.260. The molecule has 0 saturated heterocycles. The lowest BCUT2D eigenvalue weighted by atomic mass is 10.3. The quantitative estimate of drug-likeness (QED) is 0.796. The van der Waals surface area contributed by atoms with Gasteiger partial charge >= 0.3 is 0 Å². The zero-order valence-corrected chi connectivity index (χ0v) is 15.1. The number of carbonyl (C=O) groups is 1. The van der Waals surface area contributed by atoms with Crippen molar-refractivity contribution in [1.29, 1.82) is 0 Å². The molecule has 1 aliphatic rings. The zero-order valence-electron chi connectivity index (χ0n) is 15.1. The van der Waals surface area contributed by atoms with Crippen molar-refractivity contribution in [1.82, 2.24) is 29.3 Å². The molecule has 7 heteroatoms. The van der Waals surface area contributed by atoms with Gasteiger partial charge in [0, 0.05) is 69.7 Å². The Morgan fingerprint density at radius 1 is 1.16 bits per heavy atom. The van der Waals surface area contributed by atoms with E-state index >= 15 is 0 Å². The van der Waals surface area contributed by atoms with Crippen molar-refractivity contribution in [2.75, 3.05) is 20.1 Å². The summed E-state index contributed by atoms with van der Waals surface area (Å²) < 4.78 is 2.28. The summed E-state index contributed by atoms with van der Waals surface area (Å²) in [6.07, 6.45) is 9.57. The van der Waals surface area contributed by atoms with Crippen LogP contribution in [0.25, 0.3) is 0 Å². The summed E-state index contributed by atoms with van der Waals surface area (Å²) >= 11 is 0. The molecule has 0 atom stereocenters. The van der Waals surface area contributed by atoms with Gasteiger partial charge in [0.25, 0.3) is 0 Å². The summed E-state index contributed by atoms with van der Waals surface area (Å²) in [5.74, 6) is 1.34. The van der Waals surface area contributed by atoms with Crippen LogP contribution >= 0.6 is 0 Å². The SMILES string of the molecule is CCCC(=O)N1CCc2ncc(CN(C)Cc3cncnc3)n2CC1. The van der Waals surface area contributed by atoms with Crippen LogP contribution in [0.15, 0.2) is 24.9 Å².